The number of carbonyl (C=O) groups is 3. The molecule has 0 amide bonds. The number of thioether (sulfide) groups is 1. The van der Waals surface area contributed by atoms with Gasteiger partial charge in [0.15, 0.2) is 10.9 Å². The van der Waals surface area contributed by atoms with E-state index < -0.39 is 6.04 Å². The van der Waals surface area contributed by atoms with E-state index in [1.165, 1.54) is 24.9 Å². The minimum Gasteiger partial charge on any atom is -0.468 e. The van der Waals surface area contributed by atoms with Gasteiger partial charge in [0.25, 0.3) is 0 Å². The van der Waals surface area contributed by atoms with Crippen LogP contribution in [0, 0.1) is 11.7 Å². The van der Waals surface area contributed by atoms with E-state index in [4.69, 9.17) is 4.74 Å². The summed E-state index contributed by atoms with van der Waals surface area (Å²) in [6.07, 6.45) is 6.26. The predicted octanol–water partition coefficient (Wildman–Crippen LogP) is 3.76. The molecular weight excluding hydrogens is 455 g/mol. The number of piperidine rings is 1. The molecule has 3 fully saturated rings. The zero-order valence-electron chi connectivity index (χ0n) is 19.9. The topological polar surface area (TPSA) is 66.9 Å². The van der Waals surface area contributed by atoms with Crippen LogP contribution in [0.5, 0.6) is 0 Å². The number of hydrogen-bond acceptors (Lipinski definition) is 7. The third-order valence-electron chi connectivity index (χ3n) is 7.03. The smallest absolute Gasteiger partial charge is 0.323 e. The van der Waals surface area contributed by atoms with Gasteiger partial charge in [-0.1, -0.05) is 36.0 Å². The van der Waals surface area contributed by atoms with Gasteiger partial charge in [0.2, 0.25) is 0 Å². The highest BCUT2D eigenvalue weighted by atomic mass is 32.2. The van der Waals surface area contributed by atoms with Crippen molar-refractivity contribution in [1.29, 1.82) is 0 Å². The number of hydrogen-bond donors (Lipinski definition) is 0. The van der Waals surface area contributed by atoms with E-state index in [1.54, 1.807) is 25.1 Å². The van der Waals surface area contributed by atoms with Crippen molar-refractivity contribution >= 4 is 28.6 Å². The first-order valence-corrected chi connectivity index (χ1v) is 13.0. The summed E-state index contributed by atoms with van der Waals surface area (Å²) >= 11 is 1.31. The van der Waals surface area contributed by atoms with Gasteiger partial charge in [-0.05, 0) is 50.3 Å². The molecule has 34 heavy (non-hydrogen) atoms. The number of Topliss-reactive ketones (excluding diaryl/α,β-unsaturated/α-hetero) is 1. The Balaban J connectivity index is 1.58. The fourth-order valence-corrected chi connectivity index (χ4v) is 6.08. The van der Waals surface area contributed by atoms with Crippen LogP contribution in [0.25, 0.3) is 0 Å². The second-order valence-electron chi connectivity index (χ2n) is 9.41. The van der Waals surface area contributed by atoms with Crippen LogP contribution in [-0.4, -0.2) is 71.2 Å². The first-order chi connectivity index (χ1) is 16.4. The number of nitrogens with zero attached hydrogens (tertiary/aromatic N) is 2. The lowest BCUT2D eigenvalue weighted by Crippen LogP contribution is -2.43. The Labute approximate surface area is 204 Å². The number of halogens is 1. The van der Waals surface area contributed by atoms with Gasteiger partial charge in [0.05, 0.1) is 13.2 Å². The molecule has 1 saturated carbocycles. The van der Waals surface area contributed by atoms with E-state index in [1.807, 2.05) is 0 Å². The Morgan fingerprint density at radius 3 is 2.62 bits per heavy atom. The lowest BCUT2D eigenvalue weighted by Gasteiger charge is -2.39. The first kappa shape index (κ1) is 25.1. The van der Waals surface area contributed by atoms with E-state index in [9.17, 15) is 18.8 Å². The van der Waals surface area contributed by atoms with Crippen molar-refractivity contribution in [3.63, 3.8) is 0 Å². The highest BCUT2D eigenvalue weighted by Crippen LogP contribution is 2.40. The van der Waals surface area contributed by atoms with Crippen molar-refractivity contribution in [3.8, 4) is 0 Å². The monoisotopic (exact) mass is 488 g/mol. The van der Waals surface area contributed by atoms with Crippen molar-refractivity contribution < 1.29 is 23.5 Å². The van der Waals surface area contributed by atoms with Crippen molar-refractivity contribution in [2.45, 2.75) is 56.4 Å². The summed E-state index contributed by atoms with van der Waals surface area (Å²) in [6.45, 7) is 4.09. The molecule has 0 bridgehead atoms. The van der Waals surface area contributed by atoms with Crippen LogP contribution in [0.1, 0.15) is 50.6 Å². The number of benzene rings is 1. The third kappa shape index (κ3) is 5.78. The number of methoxy groups -OCH3 is 1. The van der Waals surface area contributed by atoms with E-state index >= 15 is 0 Å². The van der Waals surface area contributed by atoms with Crippen molar-refractivity contribution in [1.82, 2.24) is 9.80 Å². The van der Waals surface area contributed by atoms with Crippen LogP contribution in [0.4, 0.5) is 4.39 Å². The molecule has 2 heterocycles. The maximum atomic E-state index is 14.8. The number of esters is 1. The van der Waals surface area contributed by atoms with Crippen LogP contribution in [0.3, 0.4) is 0 Å². The molecule has 2 aliphatic heterocycles. The largest absolute Gasteiger partial charge is 0.468 e. The molecule has 0 spiro atoms. The van der Waals surface area contributed by atoms with Gasteiger partial charge in [0, 0.05) is 43.3 Å². The normalized spacial score (nSPS) is 25.9. The quantitative estimate of drug-likeness (QED) is 0.408. The molecule has 6 nitrogen and oxygen atoms in total. The first-order valence-electron chi connectivity index (χ1n) is 12.1. The molecule has 3 atom stereocenters. The highest BCUT2D eigenvalue weighted by molar-refractivity contribution is 8.14. The molecule has 1 aromatic rings. The Hall–Kier alpha value is -2.03. The number of likely N-dealkylation sites (tertiary alicyclic amines) is 2. The summed E-state index contributed by atoms with van der Waals surface area (Å²) in [5.74, 6) is -0.477. The maximum Gasteiger partial charge on any atom is 0.323 e. The van der Waals surface area contributed by atoms with Crippen LogP contribution in [-0.2, 0) is 19.1 Å². The second kappa shape index (κ2) is 11.1. The van der Waals surface area contributed by atoms with E-state index in [-0.39, 0.29) is 39.9 Å². The molecule has 2 unspecified atom stereocenters. The van der Waals surface area contributed by atoms with Gasteiger partial charge >= 0.3 is 5.97 Å². The lowest BCUT2D eigenvalue weighted by atomic mass is 9.93. The molecule has 1 aliphatic carbocycles. The fraction of sp³-hybridized carbons (Fsp3) is 0.577. The zero-order valence-corrected chi connectivity index (χ0v) is 20.7. The van der Waals surface area contributed by atoms with Gasteiger partial charge in [-0.15, -0.1) is 0 Å². The average Bonchev–Trinajstić information content (AvgIpc) is 3.57. The van der Waals surface area contributed by atoms with E-state index in [2.05, 4.69) is 15.9 Å². The van der Waals surface area contributed by atoms with Gasteiger partial charge in [0.1, 0.15) is 11.9 Å². The zero-order chi connectivity index (χ0) is 24.2. The van der Waals surface area contributed by atoms with Gasteiger partial charge in [-0.3, -0.25) is 24.2 Å². The second-order valence-corrected chi connectivity index (χ2v) is 10.8. The Bertz CT molecular complexity index is 964. The van der Waals surface area contributed by atoms with Crippen LogP contribution < -0.4 is 0 Å². The molecule has 8 heteroatoms. The molecule has 0 N–H and O–H groups in total. The number of ketones is 1. The SMILES string of the molecule is COC(=O)[C@@H]1CCCN1CC=C1CN(C(C(=O)C2CC2)c2ccccc2F)CCC1SC(C)=O. The highest BCUT2D eigenvalue weighted by Gasteiger charge is 2.41. The summed E-state index contributed by atoms with van der Waals surface area (Å²) in [7, 11) is 1.41. The third-order valence-corrected chi connectivity index (χ3v) is 8.18. The molecule has 184 valence electrons. The van der Waals surface area contributed by atoms with Crippen LogP contribution in [0.15, 0.2) is 35.9 Å². The molecule has 3 aliphatic rings. The molecule has 0 aromatic heterocycles. The minimum absolute atomic E-state index is 0.00627. The Morgan fingerprint density at radius 1 is 1.18 bits per heavy atom. The number of ether oxygens (including phenoxy) is 1. The van der Waals surface area contributed by atoms with Gasteiger partial charge in [-0.2, -0.15) is 0 Å². The van der Waals surface area contributed by atoms with E-state index in [0.717, 1.165) is 37.8 Å². The standard InChI is InChI=1S/C26H33FN2O4S/c1-17(30)34-23-12-15-29(16-19(23)11-14-28-13-5-8-22(28)26(32)33-2)24(25(31)18-9-10-18)20-6-3-4-7-21(20)27/h3-4,6-7,11,18,22-24H,5,8-10,12-16H2,1-2H3/t22-,23?,24?/m0/s1. The molecule has 2 saturated heterocycles. The van der Waals surface area contributed by atoms with Gasteiger partial charge in [-0.25, -0.2) is 4.39 Å². The average molecular weight is 489 g/mol. The predicted molar refractivity (Wildman–Crippen MR) is 130 cm³/mol. The molecule has 4 rings (SSSR count). The Kier molecular flexibility index (Phi) is 8.22. The summed E-state index contributed by atoms with van der Waals surface area (Å²) in [5.41, 5.74) is 1.49. The van der Waals surface area contributed by atoms with Crippen LogP contribution in [0.2, 0.25) is 0 Å². The summed E-state index contributed by atoms with van der Waals surface area (Å²) in [4.78, 5) is 41.6. The fourth-order valence-electron chi connectivity index (χ4n) is 5.14. The number of rotatable bonds is 8. The minimum atomic E-state index is -0.616. The van der Waals surface area contributed by atoms with E-state index in [0.29, 0.717) is 31.6 Å². The van der Waals surface area contributed by atoms with Crippen molar-refractivity contribution in [3.05, 3.63) is 47.3 Å². The summed E-state index contributed by atoms with van der Waals surface area (Å²) in [5, 5.41) is 0.0721. The summed E-state index contributed by atoms with van der Waals surface area (Å²) < 4.78 is 19.8. The maximum absolute atomic E-state index is 14.8. The lowest BCUT2D eigenvalue weighted by molar-refractivity contribution is -0.145. The van der Waals surface area contributed by atoms with Gasteiger partial charge < -0.3 is 4.74 Å². The van der Waals surface area contributed by atoms with Crippen molar-refractivity contribution in [2.75, 3.05) is 33.3 Å². The summed E-state index contributed by atoms with van der Waals surface area (Å²) in [6, 6.07) is 5.69. The van der Waals surface area contributed by atoms with Crippen molar-refractivity contribution in [2.24, 2.45) is 5.92 Å². The number of carbonyl (C=O) groups excluding carboxylic acids is 3. The molecular formula is C26H33FN2O4S. The molecule has 0 radical (unpaired) electrons. The Morgan fingerprint density at radius 2 is 1.94 bits per heavy atom. The molecule has 1 aromatic carbocycles. The van der Waals surface area contributed by atoms with Crippen LogP contribution >= 0.6 is 11.8 Å².